The Morgan fingerprint density at radius 1 is 1.31 bits per heavy atom. The number of hydrogen-bond acceptors (Lipinski definition) is 3. The molecule has 0 saturated heterocycles. The average Bonchev–Trinajstić information content (AvgIpc) is 2.18. The van der Waals surface area contributed by atoms with Gasteiger partial charge in [0.15, 0.2) is 0 Å². The number of amides is 1. The van der Waals surface area contributed by atoms with Crippen LogP contribution in [0.4, 0.5) is 5.95 Å². The quantitative estimate of drug-likeness (QED) is 0.690. The highest BCUT2D eigenvalue weighted by molar-refractivity contribution is 5.79. The van der Waals surface area contributed by atoms with Crippen LogP contribution < -0.4 is 5.32 Å². The number of carbonyl (C=O) groups excluding carboxylic acids is 1. The summed E-state index contributed by atoms with van der Waals surface area (Å²) >= 11 is 0. The minimum atomic E-state index is 0.272. The molecule has 0 atom stereocenters. The Kier molecular flexibility index (Phi) is 1.88. The lowest BCUT2D eigenvalue weighted by Crippen LogP contribution is -1.99. The Bertz CT molecular complexity index is 442. The summed E-state index contributed by atoms with van der Waals surface area (Å²) in [4.78, 5) is 18.0. The van der Waals surface area contributed by atoms with E-state index in [1.807, 2.05) is 24.3 Å². The van der Waals surface area contributed by atoms with Crippen molar-refractivity contribution in [2.24, 2.45) is 0 Å². The van der Waals surface area contributed by atoms with Gasteiger partial charge in [0.1, 0.15) is 0 Å². The summed E-state index contributed by atoms with van der Waals surface area (Å²) in [6.07, 6.45) is 3.18. The molecule has 1 aromatic heterocycles. The topological polar surface area (TPSA) is 54.9 Å². The van der Waals surface area contributed by atoms with Gasteiger partial charge in [0.05, 0.1) is 5.52 Å². The highest BCUT2D eigenvalue weighted by Gasteiger charge is 1.96. The van der Waals surface area contributed by atoms with E-state index in [-0.39, 0.29) is 5.95 Å². The van der Waals surface area contributed by atoms with Gasteiger partial charge in [-0.05, 0) is 6.07 Å². The van der Waals surface area contributed by atoms with Crippen molar-refractivity contribution in [1.82, 2.24) is 9.97 Å². The number of hydrogen-bond donors (Lipinski definition) is 1. The van der Waals surface area contributed by atoms with Crippen molar-refractivity contribution in [3.8, 4) is 0 Å². The molecule has 0 fully saturated rings. The van der Waals surface area contributed by atoms with E-state index in [0.717, 1.165) is 10.9 Å². The number of rotatable bonds is 2. The van der Waals surface area contributed by atoms with Crippen LogP contribution in [0.2, 0.25) is 0 Å². The first kappa shape index (κ1) is 7.67. The second kappa shape index (κ2) is 3.18. The zero-order valence-corrected chi connectivity index (χ0v) is 6.69. The van der Waals surface area contributed by atoms with Crippen LogP contribution in [0.5, 0.6) is 0 Å². The molecular weight excluding hydrogens is 166 g/mol. The summed E-state index contributed by atoms with van der Waals surface area (Å²) in [7, 11) is 0. The van der Waals surface area contributed by atoms with Crippen LogP contribution in [-0.4, -0.2) is 16.4 Å². The number of fused-ring (bicyclic) bond motifs is 1. The van der Waals surface area contributed by atoms with Crippen LogP contribution in [0.15, 0.2) is 30.5 Å². The zero-order chi connectivity index (χ0) is 9.10. The van der Waals surface area contributed by atoms with Gasteiger partial charge >= 0.3 is 6.41 Å². The van der Waals surface area contributed by atoms with Crippen molar-refractivity contribution in [1.29, 1.82) is 0 Å². The van der Waals surface area contributed by atoms with Gasteiger partial charge in [-0.1, -0.05) is 18.2 Å². The molecule has 0 unspecified atom stereocenters. The lowest BCUT2D eigenvalue weighted by atomic mass is 10.2. The Labute approximate surface area is 74.6 Å². The fourth-order valence-electron chi connectivity index (χ4n) is 1.08. The largest absolute Gasteiger partial charge is 0.316 e. The van der Waals surface area contributed by atoms with Crippen LogP contribution in [0.1, 0.15) is 0 Å². The normalized spacial score (nSPS) is 9.85. The lowest BCUT2D eigenvalue weighted by Gasteiger charge is -1.97. The van der Waals surface area contributed by atoms with Crippen LogP contribution in [-0.2, 0) is 4.79 Å². The van der Waals surface area contributed by atoms with Crippen molar-refractivity contribution < 1.29 is 4.79 Å². The van der Waals surface area contributed by atoms with Crippen molar-refractivity contribution in [2.45, 2.75) is 0 Å². The fourth-order valence-corrected chi connectivity index (χ4v) is 1.08. The number of para-hydroxylation sites is 1. The molecule has 1 amide bonds. The molecule has 0 aliphatic heterocycles. The standard InChI is InChI=1S/C9H6N3O/c13-6-11-9-10-5-7-3-1-2-4-8(7)12-9/h1-5H,(H,10,11,12,13). The van der Waals surface area contributed by atoms with Crippen molar-refractivity contribution in [3.63, 3.8) is 0 Å². The number of aromatic nitrogens is 2. The number of nitrogens with zero attached hydrogens (tertiary/aromatic N) is 2. The van der Waals surface area contributed by atoms with Gasteiger partial charge < -0.3 is 0 Å². The summed E-state index contributed by atoms with van der Waals surface area (Å²) in [5.41, 5.74) is 0.801. The van der Waals surface area contributed by atoms with Crippen molar-refractivity contribution in [2.75, 3.05) is 5.32 Å². The third kappa shape index (κ3) is 1.46. The van der Waals surface area contributed by atoms with Crippen LogP contribution in [0.3, 0.4) is 0 Å². The summed E-state index contributed by atoms with van der Waals surface area (Å²) in [6, 6.07) is 7.55. The first-order valence-corrected chi connectivity index (χ1v) is 3.75. The van der Waals surface area contributed by atoms with Crippen LogP contribution in [0.25, 0.3) is 10.9 Å². The second-order valence-electron chi connectivity index (χ2n) is 2.48. The Morgan fingerprint density at radius 3 is 3.00 bits per heavy atom. The monoisotopic (exact) mass is 172 g/mol. The molecule has 0 bridgehead atoms. The second-order valence-corrected chi connectivity index (χ2v) is 2.48. The first-order chi connectivity index (χ1) is 6.40. The number of anilines is 1. The van der Waals surface area contributed by atoms with E-state index in [4.69, 9.17) is 0 Å². The van der Waals surface area contributed by atoms with E-state index in [0.29, 0.717) is 0 Å². The smallest absolute Gasteiger partial charge is 0.286 e. The molecule has 4 nitrogen and oxygen atoms in total. The SMILES string of the molecule is O=[C]Nc1ncc2ccccc2n1. The number of nitrogens with one attached hydrogen (secondary N) is 1. The minimum Gasteiger partial charge on any atom is -0.286 e. The van der Waals surface area contributed by atoms with Gasteiger partial charge in [-0.15, -0.1) is 0 Å². The third-order valence-electron chi connectivity index (χ3n) is 1.65. The molecule has 1 radical (unpaired) electrons. The first-order valence-electron chi connectivity index (χ1n) is 3.75. The van der Waals surface area contributed by atoms with Crippen molar-refractivity contribution >= 4 is 23.3 Å². The molecule has 2 rings (SSSR count). The van der Waals surface area contributed by atoms with Crippen LogP contribution >= 0.6 is 0 Å². The fraction of sp³-hybridized carbons (Fsp3) is 0. The summed E-state index contributed by atoms with van der Waals surface area (Å²) in [5, 5.41) is 3.22. The van der Waals surface area contributed by atoms with Gasteiger partial charge in [-0.3, -0.25) is 10.1 Å². The number of benzene rings is 1. The van der Waals surface area contributed by atoms with E-state index < -0.39 is 0 Å². The maximum atomic E-state index is 9.99. The molecule has 1 N–H and O–H groups in total. The average molecular weight is 172 g/mol. The molecule has 0 aliphatic rings. The van der Waals surface area contributed by atoms with Gasteiger partial charge in [0, 0.05) is 11.6 Å². The summed E-state index contributed by atoms with van der Waals surface area (Å²) in [5.74, 6) is 0.272. The molecular formula is C9H6N3O. The maximum absolute atomic E-state index is 9.99. The highest BCUT2D eigenvalue weighted by Crippen LogP contribution is 2.10. The molecule has 63 valence electrons. The highest BCUT2D eigenvalue weighted by atomic mass is 16.1. The Morgan fingerprint density at radius 2 is 2.15 bits per heavy atom. The molecule has 13 heavy (non-hydrogen) atoms. The zero-order valence-electron chi connectivity index (χ0n) is 6.69. The van der Waals surface area contributed by atoms with E-state index in [1.165, 1.54) is 6.41 Å². The van der Waals surface area contributed by atoms with E-state index in [2.05, 4.69) is 15.3 Å². The van der Waals surface area contributed by atoms with E-state index >= 15 is 0 Å². The third-order valence-corrected chi connectivity index (χ3v) is 1.65. The Hall–Kier alpha value is -1.97. The molecule has 4 heteroatoms. The van der Waals surface area contributed by atoms with E-state index in [1.54, 1.807) is 6.20 Å². The van der Waals surface area contributed by atoms with E-state index in [9.17, 15) is 4.79 Å². The maximum Gasteiger partial charge on any atom is 0.316 e. The summed E-state index contributed by atoms with van der Waals surface area (Å²) in [6.45, 7) is 0. The van der Waals surface area contributed by atoms with Gasteiger partial charge in [0.25, 0.3) is 0 Å². The predicted octanol–water partition coefficient (Wildman–Crippen LogP) is 1.11. The molecule has 0 saturated carbocycles. The molecule has 0 spiro atoms. The molecule has 1 aromatic carbocycles. The van der Waals surface area contributed by atoms with Crippen LogP contribution in [0, 0.1) is 0 Å². The van der Waals surface area contributed by atoms with Gasteiger partial charge in [0.2, 0.25) is 5.95 Å². The predicted molar refractivity (Wildman–Crippen MR) is 48.9 cm³/mol. The molecule has 0 aliphatic carbocycles. The lowest BCUT2D eigenvalue weighted by molar-refractivity contribution is 0.560. The van der Waals surface area contributed by atoms with Gasteiger partial charge in [-0.25, -0.2) is 9.97 Å². The van der Waals surface area contributed by atoms with Crippen molar-refractivity contribution in [3.05, 3.63) is 30.5 Å². The molecule has 2 aromatic rings. The minimum absolute atomic E-state index is 0.272. The summed E-state index contributed by atoms with van der Waals surface area (Å²) < 4.78 is 0. The van der Waals surface area contributed by atoms with Gasteiger partial charge in [-0.2, -0.15) is 0 Å². The molecule has 1 heterocycles. The Balaban J connectivity index is 2.55.